The van der Waals surface area contributed by atoms with Crippen LogP contribution in [0.15, 0.2) is 23.3 Å². The van der Waals surface area contributed by atoms with Crippen molar-refractivity contribution >= 4 is 5.97 Å². The predicted octanol–water partition coefficient (Wildman–Crippen LogP) is 4.80. The zero-order chi connectivity index (χ0) is 14.5. The number of fused-ring (bicyclic) bond motifs is 2. The summed E-state index contributed by atoms with van der Waals surface area (Å²) in [7, 11) is 0. The molecule has 0 amide bonds. The Morgan fingerprint density at radius 1 is 1.40 bits per heavy atom. The second kappa shape index (κ2) is 7.10. The molecule has 0 spiro atoms. The summed E-state index contributed by atoms with van der Waals surface area (Å²) in [4.78, 5) is 12.1. The van der Waals surface area contributed by atoms with E-state index in [1.807, 2.05) is 0 Å². The van der Waals surface area contributed by atoms with E-state index in [2.05, 4.69) is 20.4 Å². The Morgan fingerprint density at radius 3 is 2.75 bits per heavy atom. The molecule has 0 N–H and O–H groups in total. The number of allylic oxidation sites excluding steroid dienone is 1. The zero-order valence-electron chi connectivity index (χ0n) is 13.0. The number of esters is 1. The Labute approximate surface area is 123 Å². The third-order valence-corrected chi connectivity index (χ3v) is 4.91. The van der Waals surface area contributed by atoms with E-state index in [4.69, 9.17) is 4.74 Å². The van der Waals surface area contributed by atoms with Crippen LogP contribution in [0.5, 0.6) is 0 Å². The van der Waals surface area contributed by atoms with Gasteiger partial charge >= 0.3 is 5.97 Å². The van der Waals surface area contributed by atoms with Crippen LogP contribution >= 0.6 is 0 Å². The highest BCUT2D eigenvalue weighted by molar-refractivity contribution is 5.93. The van der Waals surface area contributed by atoms with Crippen molar-refractivity contribution in [2.24, 2.45) is 11.8 Å². The third kappa shape index (κ3) is 3.53. The minimum absolute atomic E-state index is 0.185. The maximum absolute atomic E-state index is 12.1. The molecule has 0 aliphatic heterocycles. The van der Waals surface area contributed by atoms with Crippen molar-refractivity contribution in [2.45, 2.75) is 65.2 Å². The van der Waals surface area contributed by atoms with Gasteiger partial charge in [-0.25, -0.2) is 4.79 Å². The topological polar surface area (TPSA) is 26.3 Å². The number of unbranched alkanes of at least 4 members (excludes halogenated alkanes) is 1. The van der Waals surface area contributed by atoms with Crippen LogP contribution in [0, 0.1) is 11.8 Å². The van der Waals surface area contributed by atoms with E-state index in [0.29, 0.717) is 18.1 Å². The third-order valence-electron chi connectivity index (χ3n) is 4.91. The van der Waals surface area contributed by atoms with Crippen molar-refractivity contribution in [2.75, 3.05) is 6.61 Å². The Balaban J connectivity index is 1.81. The van der Waals surface area contributed by atoms with Gasteiger partial charge < -0.3 is 4.74 Å². The molecule has 2 aliphatic carbocycles. The summed E-state index contributed by atoms with van der Waals surface area (Å²) < 4.78 is 5.50. The van der Waals surface area contributed by atoms with Crippen LogP contribution in [0.4, 0.5) is 0 Å². The van der Waals surface area contributed by atoms with E-state index < -0.39 is 0 Å². The number of carbonyl (C=O) groups is 1. The first-order valence-electron chi connectivity index (χ1n) is 8.22. The maximum atomic E-state index is 12.1. The molecule has 0 radical (unpaired) electrons. The minimum atomic E-state index is -0.185. The number of rotatable bonds is 8. The number of hydrogen-bond donors (Lipinski definition) is 0. The largest absolute Gasteiger partial charge is 0.462 e. The monoisotopic (exact) mass is 276 g/mol. The van der Waals surface area contributed by atoms with Gasteiger partial charge in [0.25, 0.3) is 0 Å². The van der Waals surface area contributed by atoms with Gasteiger partial charge in [0.2, 0.25) is 0 Å². The highest BCUT2D eigenvalue weighted by Gasteiger charge is 2.33. The van der Waals surface area contributed by atoms with Crippen LogP contribution in [-0.2, 0) is 9.53 Å². The molecule has 20 heavy (non-hydrogen) atoms. The Bertz CT molecular complexity index is 406. The average Bonchev–Trinajstić information content (AvgIpc) is 3.09. The highest BCUT2D eigenvalue weighted by Crippen LogP contribution is 2.46. The van der Waals surface area contributed by atoms with Gasteiger partial charge in [-0.1, -0.05) is 45.3 Å². The zero-order valence-corrected chi connectivity index (χ0v) is 13.0. The molecule has 2 rings (SSSR count). The van der Waals surface area contributed by atoms with Gasteiger partial charge in [0.1, 0.15) is 0 Å². The maximum Gasteiger partial charge on any atom is 0.337 e. The van der Waals surface area contributed by atoms with Gasteiger partial charge in [0.05, 0.1) is 12.2 Å². The van der Waals surface area contributed by atoms with Crippen LogP contribution in [0.25, 0.3) is 0 Å². The summed E-state index contributed by atoms with van der Waals surface area (Å²) in [6.45, 7) is 8.91. The molecule has 2 aliphatic rings. The van der Waals surface area contributed by atoms with Gasteiger partial charge in [-0.15, -0.1) is 0 Å². The quantitative estimate of drug-likeness (QED) is 0.470. The lowest BCUT2D eigenvalue weighted by Gasteiger charge is -2.17. The van der Waals surface area contributed by atoms with Crippen LogP contribution in [0.2, 0.25) is 0 Å². The molecule has 2 atom stereocenters. The summed E-state index contributed by atoms with van der Waals surface area (Å²) in [5.74, 6) is 1.09. The predicted molar refractivity (Wildman–Crippen MR) is 82.4 cm³/mol. The lowest BCUT2D eigenvalue weighted by atomic mass is 9.94. The van der Waals surface area contributed by atoms with Crippen LogP contribution < -0.4 is 0 Å². The van der Waals surface area contributed by atoms with Crippen molar-refractivity contribution in [3.8, 4) is 0 Å². The van der Waals surface area contributed by atoms with Crippen LogP contribution in [0.3, 0.4) is 0 Å². The molecule has 2 unspecified atom stereocenters. The molecule has 0 aromatic carbocycles. The van der Waals surface area contributed by atoms with Crippen molar-refractivity contribution in [1.29, 1.82) is 0 Å². The second-order valence-corrected chi connectivity index (χ2v) is 6.39. The number of carbonyl (C=O) groups excluding carboxylic acids is 1. The Morgan fingerprint density at radius 2 is 2.20 bits per heavy atom. The fraction of sp³-hybridized carbons (Fsp3) is 0.722. The Hall–Kier alpha value is -1.05. The molecule has 0 aromatic heterocycles. The summed E-state index contributed by atoms with van der Waals surface area (Å²) in [6.07, 6.45) is 9.36. The molecule has 1 saturated carbocycles. The fourth-order valence-electron chi connectivity index (χ4n) is 3.45. The van der Waals surface area contributed by atoms with Crippen molar-refractivity contribution in [3.63, 3.8) is 0 Å². The number of hydrogen-bond acceptors (Lipinski definition) is 2. The van der Waals surface area contributed by atoms with Crippen LogP contribution in [0.1, 0.15) is 65.2 Å². The molecule has 2 heteroatoms. The minimum Gasteiger partial charge on any atom is -0.462 e. The highest BCUT2D eigenvalue weighted by atomic mass is 16.5. The SMILES string of the molecule is C=C(C(=O)OCC(CC)CCCC)C1=C2CCC(C2)C1. The average molecular weight is 276 g/mol. The first kappa shape index (κ1) is 15.3. The summed E-state index contributed by atoms with van der Waals surface area (Å²) in [6, 6.07) is 0. The van der Waals surface area contributed by atoms with Gasteiger partial charge in [-0.2, -0.15) is 0 Å². The van der Waals surface area contributed by atoms with E-state index in [1.54, 1.807) is 0 Å². The lowest BCUT2D eigenvalue weighted by Crippen LogP contribution is -2.16. The van der Waals surface area contributed by atoms with Crippen molar-refractivity contribution < 1.29 is 9.53 Å². The molecular formula is C18H28O2. The molecule has 0 aromatic rings. The lowest BCUT2D eigenvalue weighted by molar-refractivity contribution is -0.140. The van der Waals surface area contributed by atoms with Crippen LogP contribution in [-0.4, -0.2) is 12.6 Å². The molecule has 112 valence electrons. The second-order valence-electron chi connectivity index (χ2n) is 6.39. The smallest absolute Gasteiger partial charge is 0.337 e. The van der Waals surface area contributed by atoms with Gasteiger partial charge in [0.15, 0.2) is 0 Å². The normalized spacial score (nSPS) is 22.2. The van der Waals surface area contributed by atoms with E-state index in [1.165, 1.54) is 43.3 Å². The molecular weight excluding hydrogens is 248 g/mol. The Kier molecular flexibility index (Phi) is 5.45. The van der Waals surface area contributed by atoms with E-state index in [9.17, 15) is 4.79 Å². The molecule has 1 fully saturated rings. The number of ether oxygens (including phenoxy) is 1. The van der Waals surface area contributed by atoms with Gasteiger partial charge in [-0.05, 0) is 49.5 Å². The van der Waals surface area contributed by atoms with E-state index in [0.717, 1.165) is 25.2 Å². The van der Waals surface area contributed by atoms with Gasteiger partial charge in [0, 0.05) is 0 Å². The first-order valence-corrected chi connectivity index (χ1v) is 8.22. The molecule has 0 heterocycles. The summed E-state index contributed by atoms with van der Waals surface area (Å²) in [5, 5.41) is 0. The molecule has 0 saturated heterocycles. The van der Waals surface area contributed by atoms with E-state index in [-0.39, 0.29) is 5.97 Å². The standard InChI is InChI=1S/C18H28O2/c1-4-6-7-14(5-2)12-20-18(19)13(3)17-11-15-8-9-16(17)10-15/h14-15H,3-12H2,1-2H3. The fourth-order valence-corrected chi connectivity index (χ4v) is 3.45. The first-order chi connectivity index (χ1) is 9.65. The molecule has 2 bridgehead atoms. The van der Waals surface area contributed by atoms with Crippen molar-refractivity contribution in [3.05, 3.63) is 23.3 Å². The van der Waals surface area contributed by atoms with Crippen molar-refractivity contribution in [1.82, 2.24) is 0 Å². The molecule has 2 nitrogen and oxygen atoms in total. The summed E-state index contributed by atoms with van der Waals surface area (Å²) >= 11 is 0. The van der Waals surface area contributed by atoms with E-state index >= 15 is 0 Å². The van der Waals surface area contributed by atoms with Gasteiger partial charge in [-0.3, -0.25) is 0 Å². The summed E-state index contributed by atoms with van der Waals surface area (Å²) in [5.41, 5.74) is 3.32.